The van der Waals surface area contributed by atoms with Crippen LogP contribution >= 0.6 is 0 Å². The molecular formula is C17H22N2O5. The molecule has 0 spiro atoms. The second-order valence-corrected chi connectivity index (χ2v) is 6.65. The number of carbonyl (C=O) groups is 3. The van der Waals surface area contributed by atoms with Crippen molar-refractivity contribution in [1.82, 2.24) is 5.32 Å². The number of amides is 2. The number of Topliss-reactive ketones (excluding diaryl/α,β-unsaturated/α-hetero) is 1. The Morgan fingerprint density at radius 2 is 2.00 bits per heavy atom. The Labute approximate surface area is 140 Å². The van der Waals surface area contributed by atoms with Crippen LogP contribution in [0.15, 0.2) is 18.2 Å². The molecule has 1 atom stereocenters. The van der Waals surface area contributed by atoms with Gasteiger partial charge in [0.25, 0.3) is 5.91 Å². The molecule has 0 unspecified atom stereocenters. The maximum absolute atomic E-state index is 12.5. The van der Waals surface area contributed by atoms with E-state index in [0.717, 1.165) is 0 Å². The molecule has 0 saturated carbocycles. The van der Waals surface area contributed by atoms with Crippen molar-refractivity contribution in [1.29, 1.82) is 0 Å². The molecule has 1 N–H and O–H groups in total. The Morgan fingerprint density at radius 1 is 1.33 bits per heavy atom. The minimum absolute atomic E-state index is 0.0449. The molecule has 2 amide bonds. The van der Waals surface area contributed by atoms with Gasteiger partial charge in [-0.15, -0.1) is 0 Å². The molecule has 0 fully saturated rings. The molecule has 1 aliphatic rings. The lowest BCUT2D eigenvalue weighted by atomic mass is 10.1. The summed E-state index contributed by atoms with van der Waals surface area (Å²) in [6.45, 7) is 6.63. The number of anilines is 1. The molecule has 130 valence electrons. The third-order valence-corrected chi connectivity index (χ3v) is 3.45. The van der Waals surface area contributed by atoms with Crippen molar-refractivity contribution in [3.63, 3.8) is 0 Å². The average Bonchev–Trinajstić information content (AvgIpc) is 2.57. The van der Waals surface area contributed by atoms with Gasteiger partial charge in [-0.3, -0.25) is 9.59 Å². The van der Waals surface area contributed by atoms with Gasteiger partial charge in [0.15, 0.2) is 5.78 Å². The van der Waals surface area contributed by atoms with Gasteiger partial charge >= 0.3 is 6.09 Å². The zero-order chi connectivity index (χ0) is 18.1. The number of ether oxygens (including phenoxy) is 2. The first kappa shape index (κ1) is 17.8. The number of fused-ring (bicyclic) bond motifs is 1. The zero-order valence-corrected chi connectivity index (χ0v) is 14.5. The summed E-state index contributed by atoms with van der Waals surface area (Å²) in [5, 5.41) is 2.52. The predicted octanol–water partition coefficient (Wildman–Crippen LogP) is 2.14. The molecular weight excluding hydrogens is 312 g/mol. The summed E-state index contributed by atoms with van der Waals surface area (Å²) in [4.78, 5) is 37.3. The van der Waals surface area contributed by atoms with Crippen LogP contribution in [-0.4, -0.2) is 43.1 Å². The maximum Gasteiger partial charge on any atom is 0.408 e. The highest BCUT2D eigenvalue weighted by Crippen LogP contribution is 2.31. The van der Waals surface area contributed by atoms with Gasteiger partial charge in [0.2, 0.25) is 0 Å². The number of rotatable bonds is 2. The van der Waals surface area contributed by atoms with E-state index in [2.05, 4.69) is 5.32 Å². The van der Waals surface area contributed by atoms with E-state index in [4.69, 9.17) is 9.47 Å². The monoisotopic (exact) mass is 334 g/mol. The van der Waals surface area contributed by atoms with Crippen LogP contribution in [0.3, 0.4) is 0 Å². The quantitative estimate of drug-likeness (QED) is 0.838. The molecule has 0 aromatic heterocycles. The van der Waals surface area contributed by atoms with Gasteiger partial charge in [0.1, 0.15) is 24.0 Å². The zero-order valence-electron chi connectivity index (χ0n) is 14.5. The van der Waals surface area contributed by atoms with Crippen LogP contribution < -0.4 is 15.0 Å². The maximum atomic E-state index is 12.5. The normalized spacial score (nSPS) is 17.5. The Hall–Kier alpha value is -2.57. The van der Waals surface area contributed by atoms with Gasteiger partial charge in [-0.25, -0.2) is 4.79 Å². The number of benzene rings is 1. The van der Waals surface area contributed by atoms with Crippen LogP contribution in [0.25, 0.3) is 0 Å². The third-order valence-electron chi connectivity index (χ3n) is 3.45. The first-order valence-electron chi connectivity index (χ1n) is 7.63. The molecule has 1 aromatic rings. The fourth-order valence-corrected chi connectivity index (χ4v) is 2.28. The Bertz CT molecular complexity index is 678. The summed E-state index contributed by atoms with van der Waals surface area (Å²) < 4.78 is 10.8. The van der Waals surface area contributed by atoms with Gasteiger partial charge in [0, 0.05) is 12.6 Å². The highest BCUT2D eigenvalue weighted by Gasteiger charge is 2.32. The number of alkyl carbamates (subject to hydrolysis) is 1. The van der Waals surface area contributed by atoms with E-state index < -0.39 is 17.7 Å². The van der Waals surface area contributed by atoms with Gasteiger partial charge < -0.3 is 19.7 Å². The van der Waals surface area contributed by atoms with Crippen molar-refractivity contribution >= 4 is 23.5 Å². The van der Waals surface area contributed by atoms with Crippen molar-refractivity contribution in [2.45, 2.75) is 39.3 Å². The minimum atomic E-state index is -0.877. The molecule has 1 aromatic carbocycles. The van der Waals surface area contributed by atoms with Crippen LogP contribution in [0.2, 0.25) is 0 Å². The van der Waals surface area contributed by atoms with Crippen LogP contribution in [0.5, 0.6) is 5.75 Å². The first-order chi connectivity index (χ1) is 11.1. The molecule has 7 nitrogen and oxygen atoms in total. The second-order valence-electron chi connectivity index (χ2n) is 6.65. The summed E-state index contributed by atoms with van der Waals surface area (Å²) in [5.41, 5.74) is 0.371. The summed E-state index contributed by atoms with van der Waals surface area (Å²) in [6.07, 6.45) is -0.687. The number of ketones is 1. The van der Waals surface area contributed by atoms with E-state index in [1.165, 1.54) is 11.8 Å². The third kappa shape index (κ3) is 4.04. The van der Waals surface area contributed by atoms with Crippen LogP contribution in [0.4, 0.5) is 10.5 Å². The Balaban J connectivity index is 2.19. The van der Waals surface area contributed by atoms with E-state index >= 15 is 0 Å². The van der Waals surface area contributed by atoms with Gasteiger partial charge in [0.05, 0.1) is 5.69 Å². The lowest BCUT2D eigenvalue weighted by Gasteiger charge is -2.23. The van der Waals surface area contributed by atoms with Crippen molar-refractivity contribution in [2.24, 2.45) is 0 Å². The first-order valence-corrected chi connectivity index (χ1v) is 7.63. The van der Waals surface area contributed by atoms with Gasteiger partial charge in [-0.05, 0) is 45.9 Å². The van der Waals surface area contributed by atoms with Gasteiger partial charge in [-0.2, -0.15) is 0 Å². The van der Waals surface area contributed by atoms with E-state index in [1.807, 2.05) is 0 Å². The number of hydrogen-bond donors (Lipinski definition) is 1. The smallest absolute Gasteiger partial charge is 0.408 e. The summed E-state index contributed by atoms with van der Waals surface area (Å²) in [6, 6.07) is 4.01. The van der Waals surface area contributed by atoms with Crippen LogP contribution in [0.1, 0.15) is 38.1 Å². The molecule has 0 saturated heterocycles. The topological polar surface area (TPSA) is 84.9 Å². The van der Waals surface area contributed by atoms with E-state index in [1.54, 1.807) is 46.0 Å². The van der Waals surface area contributed by atoms with Crippen molar-refractivity contribution in [3.8, 4) is 5.75 Å². The van der Waals surface area contributed by atoms with Gasteiger partial charge in [-0.1, -0.05) is 0 Å². The molecule has 1 heterocycles. The number of nitrogens with zero attached hydrogens (tertiary/aromatic N) is 1. The second kappa shape index (κ2) is 6.51. The molecule has 0 bridgehead atoms. The largest absolute Gasteiger partial charge is 0.489 e. The summed E-state index contributed by atoms with van der Waals surface area (Å²) in [5.74, 6) is 0.00489. The standard InChI is InChI=1S/C17H22N2O5/c1-10(20)11-6-7-13-14(8-11)23-9-12(15(21)19(13)5)18-16(22)24-17(2,3)4/h6-8,12H,9H2,1-5H3,(H,18,22)/t12-/m0/s1. The average molecular weight is 334 g/mol. The van der Waals surface area contributed by atoms with Crippen LogP contribution in [-0.2, 0) is 9.53 Å². The SMILES string of the molecule is CC(=O)c1ccc2c(c1)OC[C@H](NC(=O)OC(C)(C)C)C(=O)N2C. The van der Waals surface area contributed by atoms with E-state index in [-0.39, 0.29) is 18.3 Å². The van der Waals surface area contributed by atoms with Crippen molar-refractivity contribution in [2.75, 3.05) is 18.6 Å². The number of hydrogen-bond acceptors (Lipinski definition) is 5. The van der Waals surface area contributed by atoms with Crippen molar-refractivity contribution in [3.05, 3.63) is 23.8 Å². The fraction of sp³-hybridized carbons (Fsp3) is 0.471. The highest BCUT2D eigenvalue weighted by atomic mass is 16.6. The fourth-order valence-electron chi connectivity index (χ4n) is 2.28. The Morgan fingerprint density at radius 3 is 2.58 bits per heavy atom. The molecule has 2 rings (SSSR count). The number of likely N-dealkylation sites (N-methyl/N-ethyl adjacent to an activating group) is 1. The molecule has 0 radical (unpaired) electrons. The lowest BCUT2D eigenvalue weighted by Crippen LogP contribution is -2.50. The molecule has 7 heteroatoms. The van der Waals surface area contributed by atoms with Crippen molar-refractivity contribution < 1.29 is 23.9 Å². The Kier molecular flexibility index (Phi) is 4.82. The molecule has 1 aliphatic heterocycles. The number of nitrogens with one attached hydrogen (secondary N) is 1. The van der Waals surface area contributed by atoms with Crippen LogP contribution in [0, 0.1) is 0 Å². The predicted molar refractivity (Wildman–Crippen MR) is 88.5 cm³/mol. The number of carbonyl (C=O) groups excluding carboxylic acids is 3. The molecule has 24 heavy (non-hydrogen) atoms. The highest BCUT2D eigenvalue weighted by molar-refractivity contribution is 6.01. The lowest BCUT2D eigenvalue weighted by molar-refractivity contribution is -0.120. The summed E-state index contributed by atoms with van der Waals surface area (Å²) in [7, 11) is 1.59. The van der Waals surface area contributed by atoms with E-state index in [9.17, 15) is 14.4 Å². The molecule has 0 aliphatic carbocycles. The summed E-state index contributed by atoms with van der Waals surface area (Å²) >= 11 is 0. The minimum Gasteiger partial charge on any atom is -0.489 e. The van der Waals surface area contributed by atoms with E-state index in [0.29, 0.717) is 17.0 Å².